The van der Waals surface area contributed by atoms with Crippen molar-refractivity contribution in [1.29, 1.82) is 0 Å². The van der Waals surface area contributed by atoms with E-state index in [0.717, 1.165) is 22.7 Å². The van der Waals surface area contributed by atoms with Gasteiger partial charge in [0.05, 0.1) is 28.9 Å². The van der Waals surface area contributed by atoms with E-state index < -0.39 is 10.0 Å². The number of sulfonamides is 1. The Morgan fingerprint density at radius 1 is 0.967 bits per heavy atom. The molecule has 0 radical (unpaired) electrons. The molecule has 1 heterocycles. The molecule has 3 aromatic carbocycles. The monoisotopic (exact) mass is 419 g/mol. The summed E-state index contributed by atoms with van der Waals surface area (Å²) < 4.78 is 25.0. The van der Waals surface area contributed by atoms with Crippen LogP contribution in [0.5, 0.6) is 5.88 Å². The van der Waals surface area contributed by atoms with Crippen LogP contribution in [0.1, 0.15) is 11.1 Å². The lowest BCUT2D eigenvalue weighted by Crippen LogP contribution is -2.24. The maximum atomic E-state index is 11.9. The fourth-order valence-corrected chi connectivity index (χ4v) is 3.80. The van der Waals surface area contributed by atoms with E-state index in [1.54, 1.807) is 24.3 Å². The van der Waals surface area contributed by atoms with E-state index in [1.807, 2.05) is 54.6 Å². The van der Waals surface area contributed by atoms with E-state index in [0.29, 0.717) is 22.6 Å². The van der Waals surface area contributed by atoms with Crippen LogP contribution in [0.2, 0.25) is 0 Å². The number of hydrogen-bond donors (Lipinski definition) is 2. The Kier molecular flexibility index (Phi) is 5.05. The molecule has 1 aromatic heterocycles. The topological polar surface area (TPSA) is 85.8 Å². The smallest absolute Gasteiger partial charge is 0.231 e. The molecular weight excluding hydrogens is 398 g/mol. The average molecular weight is 420 g/mol. The number of nitrogens with one attached hydrogen (secondary N) is 1. The predicted molar refractivity (Wildman–Crippen MR) is 121 cm³/mol. The Hall–Kier alpha value is -3.58. The normalized spacial score (nSPS) is 12.3. The molecule has 0 atom stereocenters. The molecule has 0 unspecified atom stereocenters. The second-order valence-electron chi connectivity index (χ2n) is 6.97. The number of H-pyrrole nitrogens is 1. The first-order valence-corrected chi connectivity index (χ1v) is 11.2. The molecule has 0 fully saturated rings. The van der Waals surface area contributed by atoms with Crippen molar-refractivity contribution in [1.82, 2.24) is 4.98 Å². The van der Waals surface area contributed by atoms with Crippen molar-refractivity contribution < 1.29 is 13.5 Å². The summed E-state index contributed by atoms with van der Waals surface area (Å²) in [6, 6.07) is 24.2. The van der Waals surface area contributed by atoms with Crippen LogP contribution in [0.15, 0.2) is 83.9 Å². The highest BCUT2D eigenvalue weighted by Crippen LogP contribution is 2.32. The summed E-state index contributed by atoms with van der Waals surface area (Å²) in [4.78, 5) is 7.82. The van der Waals surface area contributed by atoms with Gasteiger partial charge in [-0.1, -0.05) is 54.6 Å². The molecule has 0 saturated carbocycles. The Morgan fingerprint density at radius 2 is 1.67 bits per heavy atom. The number of hydrogen-bond acceptors (Lipinski definition) is 4. The highest BCUT2D eigenvalue weighted by Gasteiger charge is 2.19. The summed E-state index contributed by atoms with van der Waals surface area (Å²) in [6.07, 6.45) is 1.16. The molecule has 0 aliphatic carbocycles. The minimum Gasteiger partial charge on any atom is -0.494 e. The van der Waals surface area contributed by atoms with Crippen LogP contribution in [0.25, 0.3) is 10.9 Å². The molecule has 0 amide bonds. The average Bonchev–Trinajstić information content (AvgIpc) is 3.07. The van der Waals surface area contributed by atoms with Crippen LogP contribution >= 0.6 is 0 Å². The minimum absolute atomic E-state index is 0.0308. The lowest BCUT2D eigenvalue weighted by Gasteiger charge is -2.17. The zero-order chi connectivity index (χ0) is 21.3. The largest absolute Gasteiger partial charge is 0.494 e. The fraction of sp³-hybridized carbons (Fsp3) is 0.0870. The van der Waals surface area contributed by atoms with Gasteiger partial charge in [-0.3, -0.25) is 4.31 Å². The van der Waals surface area contributed by atoms with Crippen molar-refractivity contribution in [2.24, 2.45) is 4.99 Å². The van der Waals surface area contributed by atoms with Crippen LogP contribution in [0.4, 0.5) is 11.4 Å². The van der Waals surface area contributed by atoms with Gasteiger partial charge < -0.3 is 10.1 Å². The van der Waals surface area contributed by atoms with Gasteiger partial charge in [-0.05, 0) is 24.3 Å². The number of aromatic amines is 1. The molecule has 0 aliphatic rings. The summed E-state index contributed by atoms with van der Waals surface area (Å²) in [6.45, 7) is 0. The number of aliphatic imine (C=N–C) groups is 1. The number of aromatic hydroxyl groups is 1. The Bertz CT molecular complexity index is 1340. The Labute approximate surface area is 175 Å². The van der Waals surface area contributed by atoms with E-state index in [9.17, 15) is 13.5 Å². The third-order valence-electron chi connectivity index (χ3n) is 4.90. The van der Waals surface area contributed by atoms with E-state index in [4.69, 9.17) is 4.99 Å². The molecule has 30 heavy (non-hydrogen) atoms. The molecule has 0 saturated heterocycles. The van der Waals surface area contributed by atoms with Gasteiger partial charge in [0, 0.05) is 23.5 Å². The predicted octanol–water partition coefficient (Wildman–Crippen LogP) is 4.44. The van der Waals surface area contributed by atoms with Crippen molar-refractivity contribution in [3.63, 3.8) is 0 Å². The van der Waals surface area contributed by atoms with E-state index in [-0.39, 0.29) is 5.88 Å². The van der Waals surface area contributed by atoms with Crippen molar-refractivity contribution in [2.75, 3.05) is 17.6 Å². The SMILES string of the molecule is CN(c1cccc(N=C(c2ccccc2)c2c(O)[nH]c3ccccc23)c1)S(C)(=O)=O. The lowest BCUT2D eigenvalue weighted by atomic mass is 10.0. The first-order chi connectivity index (χ1) is 14.3. The van der Waals surface area contributed by atoms with Crippen molar-refractivity contribution in [3.8, 4) is 5.88 Å². The summed E-state index contributed by atoms with van der Waals surface area (Å²) in [5.41, 5.74) is 3.91. The second-order valence-corrected chi connectivity index (χ2v) is 8.98. The van der Waals surface area contributed by atoms with Crippen LogP contribution in [0.3, 0.4) is 0 Å². The molecule has 7 heteroatoms. The zero-order valence-electron chi connectivity index (χ0n) is 16.6. The standard InChI is InChI=1S/C23H21N3O3S/c1-26(30(2,28)29)18-12-8-11-17(15-18)24-22(16-9-4-3-5-10-16)21-19-13-6-7-14-20(19)25-23(21)27/h3-15,25,27H,1-2H3. The van der Waals surface area contributed by atoms with Gasteiger partial charge in [-0.15, -0.1) is 0 Å². The summed E-state index contributed by atoms with van der Waals surface area (Å²) >= 11 is 0. The zero-order valence-corrected chi connectivity index (χ0v) is 17.4. The van der Waals surface area contributed by atoms with Gasteiger partial charge in [0.25, 0.3) is 0 Å². The highest BCUT2D eigenvalue weighted by atomic mass is 32.2. The van der Waals surface area contributed by atoms with Gasteiger partial charge in [0.2, 0.25) is 10.0 Å². The molecular formula is C23H21N3O3S. The number of aromatic nitrogens is 1. The minimum atomic E-state index is -3.39. The van der Waals surface area contributed by atoms with Gasteiger partial charge in [-0.2, -0.15) is 0 Å². The van der Waals surface area contributed by atoms with Crippen LogP contribution in [-0.4, -0.2) is 37.5 Å². The molecule has 152 valence electrons. The quantitative estimate of drug-likeness (QED) is 0.469. The number of nitrogens with zero attached hydrogens (tertiary/aromatic N) is 2. The maximum absolute atomic E-state index is 11.9. The van der Waals surface area contributed by atoms with E-state index in [1.165, 1.54) is 11.4 Å². The van der Waals surface area contributed by atoms with Crippen molar-refractivity contribution in [3.05, 3.63) is 90.0 Å². The molecule has 4 rings (SSSR count). The number of benzene rings is 3. The van der Waals surface area contributed by atoms with Crippen molar-refractivity contribution >= 4 is 38.0 Å². The Morgan fingerprint density at radius 3 is 2.40 bits per heavy atom. The number of anilines is 1. The summed E-state index contributed by atoms with van der Waals surface area (Å²) in [5, 5.41) is 11.5. The molecule has 6 nitrogen and oxygen atoms in total. The van der Waals surface area contributed by atoms with E-state index >= 15 is 0 Å². The van der Waals surface area contributed by atoms with Gasteiger partial charge in [0.1, 0.15) is 0 Å². The molecule has 0 spiro atoms. The van der Waals surface area contributed by atoms with Gasteiger partial charge in [0.15, 0.2) is 5.88 Å². The molecule has 0 aliphatic heterocycles. The first-order valence-electron chi connectivity index (χ1n) is 9.33. The maximum Gasteiger partial charge on any atom is 0.231 e. The fourth-order valence-electron chi connectivity index (χ4n) is 3.31. The number of para-hydroxylation sites is 1. The third kappa shape index (κ3) is 3.79. The number of rotatable bonds is 5. The second kappa shape index (κ2) is 7.68. The lowest BCUT2D eigenvalue weighted by molar-refractivity contribution is 0.457. The Balaban J connectivity index is 1.92. The highest BCUT2D eigenvalue weighted by molar-refractivity contribution is 7.92. The molecule has 4 aromatic rings. The van der Waals surface area contributed by atoms with E-state index in [2.05, 4.69) is 4.98 Å². The molecule has 0 bridgehead atoms. The summed E-state index contributed by atoms with van der Waals surface area (Å²) in [7, 11) is -1.89. The van der Waals surface area contributed by atoms with Crippen LogP contribution < -0.4 is 4.31 Å². The first kappa shape index (κ1) is 19.7. The van der Waals surface area contributed by atoms with Crippen LogP contribution in [-0.2, 0) is 10.0 Å². The summed E-state index contributed by atoms with van der Waals surface area (Å²) in [5.74, 6) is 0.0308. The van der Waals surface area contributed by atoms with Gasteiger partial charge >= 0.3 is 0 Å². The van der Waals surface area contributed by atoms with Crippen LogP contribution in [0, 0.1) is 0 Å². The van der Waals surface area contributed by atoms with Gasteiger partial charge in [-0.25, -0.2) is 13.4 Å². The van der Waals surface area contributed by atoms with Crippen molar-refractivity contribution in [2.45, 2.75) is 0 Å². The number of fused-ring (bicyclic) bond motifs is 1. The molecule has 2 N–H and O–H groups in total. The third-order valence-corrected chi connectivity index (χ3v) is 6.11.